The molecular weight excluding hydrogens is 318 g/mol. The second-order valence-corrected chi connectivity index (χ2v) is 8.87. The third-order valence-corrected chi connectivity index (χ3v) is 6.56. The smallest absolute Gasteiger partial charge is 0.315 e. The van der Waals surface area contributed by atoms with E-state index in [1.54, 1.807) is 11.3 Å². The van der Waals surface area contributed by atoms with E-state index in [4.69, 9.17) is 0 Å². The molecule has 134 valence electrons. The number of piperidine rings is 2. The van der Waals surface area contributed by atoms with Crippen LogP contribution in [0.4, 0.5) is 4.79 Å². The number of hydrogen-bond donors (Lipinski definition) is 2. The minimum atomic E-state index is 0.00155. The number of urea groups is 1. The number of thiophene rings is 1. The predicted octanol–water partition coefficient (Wildman–Crippen LogP) is 4.15. The zero-order valence-electron chi connectivity index (χ0n) is 15.1. The van der Waals surface area contributed by atoms with Crippen molar-refractivity contribution in [1.82, 2.24) is 15.5 Å². The van der Waals surface area contributed by atoms with Gasteiger partial charge in [-0.2, -0.15) is 0 Å². The molecule has 2 aliphatic heterocycles. The lowest BCUT2D eigenvalue weighted by Gasteiger charge is -2.47. The summed E-state index contributed by atoms with van der Waals surface area (Å²) in [5, 5.41) is 8.57. The largest absolute Gasteiger partial charge is 0.335 e. The molecule has 0 spiro atoms. The molecule has 4 nitrogen and oxygen atoms in total. The first-order chi connectivity index (χ1) is 11.5. The molecule has 1 aromatic rings. The van der Waals surface area contributed by atoms with Crippen LogP contribution >= 0.6 is 11.3 Å². The Kier molecular flexibility index (Phi) is 5.82. The minimum absolute atomic E-state index is 0.00155. The lowest BCUT2D eigenvalue weighted by Crippen LogP contribution is -2.56. The van der Waals surface area contributed by atoms with Crippen LogP contribution in [0.5, 0.6) is 0 Å². The Hall–Kier alpha value is -1.07. The second-order valence-electron chi connectivity index (χ2n) is 7.89. The molecule has 3 heterocycles. The summed E-state index contributed by atoms with van der Waals surface area (Å²) in [6.07, 6.45) is 7.05. The van der Waals surface area contributed by atoms with Gasteiger partial charge in [0, 0.05) is 23.0 Å². The highest BCUT2D eigenvalue weighted by Crippen LogP contribution is 2.32. The van der Waals surface area contributed by atoms with E-state index < -0.39 is 0 Å². The molecule has 0 aromatic carbocycles. The van der Waals surface area contributed by atoms with E-state index in [0.29, 0.717) is 24.0 Å². The highest BCUT2D eigenvalue weighted by atomic mass is 32.1. The van der Waals surface area contributed by atoms with Crippen molar-refractivity contribution in [3.05, 3.63) is 22.4 Å². The molecule has 1 aromatic heterocycles. The maximum Gasteiger partial charge on any atom is 0.315 e. The molecule has 2 amide bonds. The summed E-state index contributed by atoms with van der Waals surface area (Å²) in [6, 6.07) is 5.92. The van der Waals surface area contributed by atoms with Gasteiger partial charge in [-0.3, -0.25) is 0 Å². The molecule has 0 radical (unpaired) electrons. The molecule has 24 heavy (non-hydrogen) atoms. The van der Waals surface area contributed by atoms with Crippen molar-refractivity contribution >= 4 is 17.4 Å². The molecule has 0 saturated carbocycles. The summed E-state index contributed by atoms with van der Waals surface area (Å²) >= 11 is 1.73. The Balaban J connectivity index is 1.56. The highest BCUT2D eigenvalue weighted by Gasteiger charge is 2.36. The number of nitrogens with one attached hydrogen (secondary N) is 2. The van der Waals surface area contributed by atoms with Crippen molar-refractivity contribution in [2.75, 3.05) is 7.05 Å². The summed E-state index contributed by atoms with van der Waals surface area (Å²) in [6.45, 7) is 4.41. The van der Waals surface area contributed by atoms with Crippen LogP contribution in [0.2, 0.25) is 0 Å². The maximum absolute atomic E-state index is 12.6. The molecule has 2 fully saturated rings. The van der Waals surface area contributed by atoms with Crippen molar-refractivity contribution < 1.29 is 4.79 Å². The van der Waals surface area contributed by atoms with Gasteiger partial charge in [-0.05, 0) is 56.5 Å². The van der Waals surface area contributed by atoms with Crippen LogP contribution in [0.25, 0.3) is 0 Å². The Labute approximate surface area is 150 Å². The molecular formula is C19H31N3OS. The summed E-state index contributed by atoms with van der Waals surface area (Å²) in [7, 11) is 2.25. The van der Waals surface area contributed by atoms with Crippen LogP contribution in [0.3, 0.4) is 0 Å². The van der Waals surface area contributed by atoms with Crippen molar-refractivity contribution in [3.63, 3.8) is 0 Å². The normalized spacial score (nSPS) is 28.6. The third kappa shape index (κ3) is 4.31. The van der Waals surface area contributed by atoms with Crippen molar-refractivity contribution in [2.45, 2.75) is 76.5 Å². The van der Waals surface area contributed by atoms with Crippen LogP contribution in [0, 0.1) is 5.92 Å². The molecule has 3 atom stereocenters. The van der Waals surface area contributed by atoms with E-state index in [0.717, 1.165) is 19.3 Å². The van der Waals surface area contributed by atoms with Crippen LogP contribution in [-0.2, 0) is 0 Å². The maximum atomic E-state index is 12.6. The van der Waals surface area contributed by atoms with E-state index in [2.05, 4.69) is 53.9 Å². The van der Waals surface area contributed by atoms with Gasteiger partial charge in [0.25, 0.3) is 0 Å². The van der Waals surface area contributed by atoms with Crippen LogP contribution < -0.4 is 10.6 Å². The monoisotopic (exact) mass is 349 g/mol. The Bertz CT molecular complexity index is 517. The summed E-state index contributed by atoms with van der Waals surface area (Å²) in [5.74, 6) is 0.556. The first-order valence-corrected chi connectivity index (χ1v) is 10.2. The fourth-order valence-electron chi connectivity index (χ4n) is 4.33. The third-order valence-electron chi connectivity index (χ3n) is 5.57. The highest BCUT2D eigenvalue weighted by molar-refractivity contribution is 7.10. The number of hydrogen-bond acceptors (Lipinski definition) is 3. The lowest BCUT2D eigenvalue weighted by molar-refractivity contribution is 0.0508. The van der Waals surface area contributed by atoms with E-state index >= 15 is 0 Å². The molecule has 2 aliphatic rings. The lowest BCUT2D eigenvalue weighted by atomic mass is 9.82. The summed E-state index contributed by atoms with van der Waals surface area (Å²) in [4.78, 5) is 16.4. The fraction of sp³-hybridized carbons (Fsp3) is 0.737. The van der Waals surface area contributed by atoms with E-state index in [9.17, 15) is 4.79 Å². The first kappa shape index (κ1) is 17.7. The average molecular weight is 350 g/mol. The van der Waals surface area contributed by atoms with E-state index in [-0.39, 0.29) is 12.1 Å². The van der Waals surface area contributed by atoms with Crippen molar-refractivity contribution in [3.8, 4) is 0 Å². The number of carbonyl (C=O) groups excluding carboxylic acids is 1. The molecule has 0 aliphatic carbocycles. The Morgan fingerprint density at radius 3 is 2.62 bits per heavy atom. The average Bonchev–Trinajstić information content (AvgIpc) is 3.01. The minimum Gasteiger partial charge on any atom is -0.335 e. The van der Waals surface area contributed by atoms with Crippen LogP contribution in [0.15, 0.2) is 17.5 Å². The van der Waals surface area contributed by atoms with Crippen molar-refractivity contribution in [1.29, 1.82) is 0 Å². The van der Waals surface area contributed by atoms with Crippen LogP contribution in [-0.4, -0.2) is 36.1 Å². The number of carbonyl (C=O) groups is 1. The van der Waals surface area contributed by atoms with Gasteiger partial charge in [0.05, 0.1) is 6.04 Å². The van der Waals surface area contributed by atoms with Crippen LogP contribution in [0.1, 0.15) is 63.3 Å². The SMILES string of the molecule is CC(C)CC(NC(=O)NC1CC2CCCC(C1)N2C)c1cccs1. The van der Waals surface area contributed by atoms with Gasteiger partial charge in [0.2, 0.25) is 0 Å². The molecule has 2 bridgehead atoms. The predicted molar refractivity (Wildman–Crippen MR) is 100 cm³/mol. The van der Waals surface area contributed by atoms with Gasteiger partial charge in [0.15, 0.2) is 0 Å². The van der Waals surface area contributed by atoms with Gasteiger partial charge in [-0.15, -0.1) is 11.3 Å². The van der Waals surface area contributed by atoms with E-state index in [1.807, 2.05) is 0 Å². The zero-order valence-corrected chi connectivity index (χ0v) is 15.9. The molecule has 2 N–H and O–H groups in total. The quantitative estimate of drug-likeness (QED) is 0.839. The number of rotatable bonds is 5. The van der Waals surface area contributed by atoms with E-state index in [1.165, 1.54) is 24.1 Å². The number of fused-ring (bicyclic) bond motifs is 2. The molecule has 3 unspecified atom stereocenters. The Morgan fingerprint density at radius 1 is 1.33 bits per heavy atom. The zero-order chi connectivity index (χ0) is 17.1. The number of nitrogens with zero attached hydrogens (tertiary/aromatic N) is 1. The van der Waals surface area contributed by atoms with Gasteiger partial charge < -0.3 is 15.5 Å². The van der Waals surface area contributed by atoms with Gasteiger partial charge >= 0.3 is 6.03 Å². The van der Waals surface area contributed by atoms with Gasteiger partial charge in [-0.25, -0.2) is 4.79 Å². The summed E-state index contributed by atoms with van der Waals surface area (Å²) < 4.78 is 0. The second kappa shape index (κ2) is 7.87. The van der Waals surface area contributed by atoms with Crippen molar-refractivity contribution in [2.24, 2.45) is 5.92 Å². The van der Waals surface area contributed by atoms with Gasteiger partial charge in [-0.1, -0.05) is 26.3 Å². The topological polar surface area (TPSA) is 44.4 Å². The van der Waals surface area contributed by atoms with Gasteiger partial charge in [0.1, 0.15) is 0 Å². The summed E-state index contributed by atoms with van der Waals surface area (Å²) in [5.41, 5.74) is 0. The standard InChI is InChI=1S/C19H31N3OS/c1-13(2)10-17(18-8-5-9-24-18)21-19(23)20-14-11-15-6-4-7-16(12-14)22(15)3/h5,8-9,13-17H,4,6-7,10-12H2,1-3H3,(H2,20,21,23). The first-order valence-electron chi connectivity index (χ1n) is 9.35. The Morgan fingerprint density at radius 2 is 2.04 bits per heavy atom. The molecule has 2 saturated heterocycles. The molecule has 5 heteroatoms. The molecule has 3 rings (SSSR count). The fourth-order valence-corrected chi connectivity index (χ4v) is 5.12. The number of amides is 2.